The second-order valence-corrected chi connectivity index (χ2v) is 5.90. The highest BCUT2D eigenvalue weighted by Crippen LogP contribution is 2.16. The van der Waals surface area contributed by atoms with Crippen LogP contribution in [0.25, 0.3) is 0 Å². The number of halogens is 3. The van der Waals surface area contributed by atoms with E-state index in [2.05, 4.69) is 38.3 Å². The number of hydrogen-bond donors (Lipinski definition) is 1. The molecular weight excluding hydrogens is 330 g/mol. The topological polar surface area (TPSA) is 32.3 Å². The number of rotatable bonds is 4. The predicted octanol–water partition coefficient (Wildman–Crippen LogP) is 2.79. The molecule has 1 fully saturated rings. The number of amides is 1. The maximum absolute atomic E-state index is 12.2. The van der Waals surface area contributed by atoms with Crippen molar-refractivity contribution in [1.29, 1.82) is 0 Å². The summed E-state index contributed by atoms with van der Waals surface area (Å²) in [5, 5.41) is 2.39. The number of carbonyl (C=O) groups excluding carboxylic acids is 1. The van der Waals surface area contributed by atoms with E-state index in [0.717, 1.165) is 36.9 Å². The van der Waals surface area contributed by atoms with Crippen molar-refractivity contribution < 1.29 is 13.6 Å². The third-order valence-corrected chi connectivity index (χ3v) is 3.98. The molecule has 1 amide bonds. The maximum atomic E-state index is 12.2. The van der Waals surface area contributed by atoms with Crippen LogP contribution < -0.4 is 5.32 Å². The van der Waals surface area contributed by atoms with Gasteiger partial charge in [0.05, 0.1) is 0 Å². The molecule has 110 valence electrons. The Kier molecular flexibility index (Phi) is 5.48. The van der Waals surface area contributed by atoms with Crippen LogP contribution in [0, 0.1) is 0 Å². The minimum Gasteiger partial charge on any atom is -0.348 e. The van der Waals surface area contributed by atoms with Crippen molar-refractivity contribution in [2.45, 2.75) is 31.9 Å². The van der Waals surface area contributed by atoms with Gasteiger partial charge in [0, 0.05) is 30.1 Å². The second kappa shape index (κ2) is 7.13. The van der Waals surface area contributed by atoms with Crippen LogP contribution in [0.4, 0.5) is 8.78 Å². The third kappa shape index (κ3) is 4.52. The highest BCUT2D eigenvalue weighted by molar-refractivity contribution is 9.10. The SMILES string of the molecule is O=C(NC1CCN(Cc2ccc(Br)cc2)CC1)C(F)F. The number of nitrogens with one attached hydrogen (secondary N) is 1. The molecule has 1 aromatic carbocycles. The largest absolute Gasteiger partial charge is 0.348 e. The van der Waals surface area contributed by atoms with Gasteiger partial charge >= 0.3 is 6.43 Å². The van der Waals surface area contributed by atoms with Crippen molar-refractivity contribution in [2.75, 3.05) is 13.1 Å². The van der Waals surface area contributed by atoms with Crippen LogP contribution >= 0.6 is 15.9 Å². The molecule has 1 aliphatic rings. The predicted molar refractivity (Wildman–Crippen MR) is 76.6 cm³/mol. The van der Waals surface area contributed by atoms with Gasteiger partial charge in [-0.3, -0.25) is 9.69 Å². The molecule has 1 aromatic rings. The molecule has 2 rings (SSSR count). The summed E-state index contributed by atoms with van der Waals surface area (Å²) in [4.78, 5) is 13.2. The Hall–Kier alpha value is -1.01. The van der Waals surface area contributed by atoms with E-state index in [4.69, 9.17) is 0 Å². The van der Waals surface area contributed by atoms with Crippen molar-refractivity contribution in [3.05, 3.63) is 34.3 Å². The number of benzene rings is 1. The first-order valence-corrected chi connectivity index (χ1v) is 7.39. The first-order chi connectivity index (χ1) is 9.54. The molecule has 6 heteroatoms. The van der Waals surface area contributed by atoms with Gasteiger partial charge in [0.25, 0.3) is 5.91 Å². The lowest BCUT2D eigenvalue weighted by atomic mass is 10.0. The van der Waals surface area contributed by atoms with Crippen LogP contribution in [-0.2, 0) is 11.3 Å². The first kappa shape index (κ1) is 15.4. The lowest BCUT2D eigenvalue weighted by molar-refractivity contribution is -0.132. The fourth-order valence-electron chi connectivity index (χ4n) is 2.35. The smallest absolute Gasteiger partial charge is 0.315 e. The van der Waals surface area contributed by atoms with Gasteiger partial charge < -0.3 is 5.32 Å². The van der Waals surface area contributed by atoms with E-state index in [1.807, 2.05) is 12.1 Å². The maximum Gasteiger partial charge on any atom is 0.315 e. The lowest BCUT2D eigenvalue weighted by Gasteiger charge is -2.32. The minimum absolute atomic E-state index is 0.127. The fraction of sp³-hybridized carbons (Fsp3) is 0.500. The van der Waals surface area contributed by atoms with Crippen molar-refractivity contribution in [2.24, 2.45) is 0 Å². The van der Waals surface area contributed by atoms with E-state index in [9.17, 15) is 13.6 Å². The molecule has 0 aliphatic carbocycles. The Balaban J connectivity index is 1.77. The van der Waals surface area contributed by atoms with Crippen LogP contribution in [0.15, 0.2) is 28.7 Å². The second-order valence-electron chi connectivity index (χ2n) is 4.99. The molecule has 1 aliphatic heterocycles. The van der Waals surface area contributed by atoms with Gasteiger partial charge in [-0.15, -0.1) is 0 Å². The van der Waals surface area contributed by atoms with Crippen LogP contribution in [0.5, 0.6) is 0 Å². The number of carbonyl (C=O) groups is 1. The first-order valence-electron chi connectivity index (χ1n) is 6.60. The van der Waals surface area contributed by atoms with Crippen molar-refractivity contribution in [3.63, 3.8) is 0 Å². The zero-order chi connectivity index (χ0) is 14.5. The molecule has 0 bridgehead atoms. The molecule has 3 nitrogen and oxygen atoms in total. The Labute approximate surface area is 125 Å². The minimum atomic E-state index is -2.92. The molecule has 1 heterocycles. The Bertz CT molecular complexity index is 445. The lowest BCUT2D eigenvalue weighted by Crippen LogP contribution is -2.46. The summed E-state index contributed by atoms with van der Waals surface area (Å²) >= 11 is 3.40. The summed E-state index contributed by atoms with van der Waals surface area (Å²) in [6.45, 7) is 2.47. The van der Waals surface area contributed by atoms with Crippen molar-refractivity contribution in [3.8, 4) is 0 Å². The standard InChI is InChI=1S/C14H17BrF2N2O/c15-11-3-1-10(2-4-11)9-19-7-5-12(6-8-19)18-14(20)13(16)17/h1-4,12-13H,5-9H2,(H,18,20). The quantitative estimate of drug-likeness (QED) is 0.909. The van der Waals surface area contributed by atoms with E-state index in [-0.39, 0.29) is 6.04 Å². The molecule has 0 aromatic heterocycles. The van der Waals surface area contributed by atoms with Gasteiger partial charge in [0.2, 0.25) is 0 Å². The van der Waals surface area contributed by atoms with Gasteiger partial charge in [0.1, 0.15) is 0 Å². The van der Waals surface area contributed by atoms with Gasteiger partial charge in [-0.1, -0.05) is 28.1 Å². The molecule has 0 radical (unpaired) electrons. The van der Waals surface area contributed by atoms with Gasteiger partial charge in [0.15, 0.2) is 0 Å². The molecule has 0 unspecified atom stereocenters. The molecular formula is C14H17BrF2N2O. The summed E-state index contributed by atoms with van der Waals surface area (Å²) in [5.41, 5.74) is 1.23. The summed E-state index contributed by atoms with van der Waals surface area (Å²) in [5.74, 6) is -1.16. The monoisotopic (exact) mass is 346 g/mol. The summed E-state index contributed by atoms with van der Waals surface area (Å²) in [6.07, 6.45) is -1.49. The van der Waals surface area contributed by atoms with E-state index in [1.54, 1.807) is 0 Å². The van der Waals surface area contributed by atoms with Gasteiger partial charge in [-0.2, -0.15) is 8.78 Å². The molecule has 0 spiro atoms. The summed E-state index contributed by atoms with van der Waals surface area (Å²) < 4.78 is 25.4. The molecule has 1 N–H and O–H groups in total. The number of hydrogen-bond acceptors (Lipinski definition) is 2. The van der Waals surface area contributed by atoms with Gasteiger partial charge in [-0.05, 0) is 30.5 Å². The number of likely N-dealkylation sites (tertiary alicyclic amines) is 1. The average molecular weight is 347 g/mol. The van der Waals surface area contributed by atoms with E-state index < -0.39 is 12.3 Å². The van der Waals surface area contributed by atoms with Crippen molar-refractivity contribution in [1.82, 2.24) is 10.2 Å². The van der Waals surface area contributed by atoms with Crippen molar-refractivity contribution >= 4 is 21.8 Å². The Morgan fingerprint density at radius 3 is 2.45 bits per heavy atom. The molecule has 1 saturated heterocycles. The highest BCUT2D eigenvalue weighted by atomic mass is 79.9. The Morgan fingerprint density at radius 1 is 1.30 bits per heavy atom. The zero-order valence-corrected chi connectivity index (χ0v) is 12.6. The number of alkyl halides is 2. The van der Waals surface area contributed by atoms with Gasteiger partial charge in [-0.25, -0.2) is 0 Å². The normalized spacial score (nSPS) is 17.4. The summed E-state index contributed by atoms with van der Waals surface area (Å²) in [7, 11) is 0. The number of nitrogens with zero attached hydrogens (tertiary/aromatic N) is 1. The van der Waals surface area contributed by atoms with E-state index in [1.165, 1.54) is 5.56 Å². The molecule has 0 atom stereocenters. The molecule has 20 heavy (non-hydrogen) atoms. The van der Waals surface area contributed by atoms with Crippen LogP contribution in [-0.4, -0.2) is 36.4 Å². The zero-order valence-electron chi connectivity index (χ0n) is 11.0. The number of piperidine rings is 1. The van der Waals surface area contributed by atoms with Crippen LogP contribution in [0.3, 0.4) is 0 Å². The average Bonchev–Trinajstić information content (AvgIpc) is 2.43. The van der Waals surface area contributed by atoms with E-state index >= 15 is 0 Å². The van der Waals surface area contributed by atoms with Crippen LogP contribution in [0.2, 0.25) is 0 Å². The summed E-state index contributed by atoms with van der Waals surface area (Å²) in [6, 6.07) is 8.01. The molecule has 0 saturated carbocycles. The highest BCUT2D eigenvalue weighted by Gasteiger charge is 2.23. The fourth-order valence-corrected chi connectivity index (χ4v) is 2.61. The Morgan fingerprint density at radius 2 is 1.90 bits per heavy atom. The van der Waals surface area contributed by atoms with E-state index in [0.29, 0.717) is 0 Å². The third-order valence-electron chi connectivity index (χ3n) is 3.45. The van der Waals surface area contributed by atoms with Crippen LogP contribution in [0.1, 0.15) is 18.4 Å².